The minimum atomic E-state index is -0.637. The van der Waals surface area contributed by atoms with Crippen molar-refractivity contribution in [1.82, 2.24) is 10.3 Å². The molecule has 1 aromatic rings. The van der Waals surface area contributed by atoms with E-state index in [1.165, 1.54) is 6.07 Å². The Labute approximate surface area is 121 Å². The number of hydrogen-bond acceptors (Lipinski definition) is 4. The van der Waals surface area contributed by atoms with Crippen LogP contribution in [0.4, 0.5) is 5.69 Å². The van der Waals surface area contributed by atoms with Crippen LogP contribution in [0.3, 0.4) is 0 Å². The van der Waals surface area contributed by atoms with Crippen LogP contribution in [0.5, 0.6) is 0 Å². The second-order valence-corrected chi connectivity index (χ2v) is 6.52. The zero-order chi connectivity index (χ0) is 15.3. The molecule has 0 unspecified atom stereocenters. The number of nitrogens with one attached hydrogen (secondary N) is 1. The van der Waals surface area contributed by atoms with E-state index in [9.17, 15) is 14.9 Å². The number of hydrogen-bond donors (Lipinski definition) is 1. The Hall–Kier alpha value is -1.69. The molecule has 1 aromatic heterocycles. The first-order valence-corrected chi connectivity index (χ1v) is 6.57. The molecule has 108 valence electrons. The van der Waals surface area contributed by atoms with Gasteiger partial charge in [0.25, 0.3) is 11.6 Å². The summed E-state index contributed by atoms with van der Waals surface area (Å²) < 4.78 is 0. The molecule has 7 heteroatoms. The molecule has 1 aliphatic carbocycles. The lowest BCUT2D eigenvalue weighted by Gasteiger charge is -2.07. The van der Waals surface area contributed by atoms with Gasteiger partial charge >= 0.3 is 0 Å². The monoisotopic (exact) mass is 297 g/mol. The summed E-state index contributed by atoms with van der Waals surface area (Å²) in [5.41, 5.74) is -0.501. The second-order valence-electron chi connectivity index (χ2n) is 6.13. The molecule has 0 bridgehead atoms. The quantitative estimate of drug-likeness (QED) is 0.528. The molecule has 1 N–H and O–H groups in total. The third-order valence-corrected chi connectivity index (χ3v) is 4.79. The lowest BCUT2D eigenvalue weighted by Crippen LogP contribution is -2.30. The van der Waals surface area contributed by atoms with E-state index in [0.29, 0.717) is 0 Å². The smallest absolute Gasteiger partial charge is 0.300 e. The van der Waals surface area contributed by atoms with Crippen molar-refractivity contribution in [3.63, 3.8) is 0 Å². The Morgan fingerprint density at radius 1 is 1.40 bits per heavy atom. The van der Waals surface area contributed by atoms with Crippen LogP contribution >= 0.6 is 11.6 Å². The van der Waals surface area contributed by atoms with Gasteiger partial charge < -0.3 is 5.32 Å². The van der Waals surface area contributed by atoms with Gasteiger partial charge in [0.1, 0.15) is 16.9 Å². The average molecular weight is 298 g/mol. The van der Waals surface area contributed by atoms with Crippen molar-refractivity contribution in [2.24, 2.45) is 10.8 Å². The number of carbonyl (C=O) groups is 1. The van der Waals surface area contributed by atoms with Gasteiger partial charge in [0.05, 0.1) is 4.92 Å². The fraction of sp³-hybridized carbons (Fsp3) is 0.538. The van der Waals surface area contributed by atoms with Gasteiger partial charge in [0.2, 0.25) is 0 Å². The minimum absolute atomic E-state index is 0.0333. The van der Waals surface area contributed by atoms with Crippen LogP contribution in [0, 0.1) is 20.9 Å². The number of nitro groups is 1. The van der Waals surface area contributed by atoms with Gasteiger partial charge in [0, 0.05) is 6.04 Å². The topological polar surface area (TPSA) is 85.1 Å². The molecule has 2 rings (SSSR count). The van der Waals surface area contributed by atoms with E-state index >= 15 is 0 Å². The van der Waals surface area contributed by atoms with Crippen molar-refractivity contribution in [2.45, 2.75) is 33.7 Å². The summed E-state index contributed by atoms with van der Waals surface area (Å²) in [6, 6.07) is 1.19. The summed E-state index contributed by atoms with van der Waals surface area (Å²) in [5.74, 6) is -0.496. The zero-order valence-corrected chi connectivity index (χ0v) is 12.5. The molecule has 1 fully saturated rings. The number of nitrogens with zero attached hydrogens (tertiary/aromatic N) is 2. The van der Waals surface area contributed by atoms with E-state index < -0.39 is 10.8 Å². The molecule has 0 aliphatic heterocycles. The number of rotatable bonds is 3. The number of pyridine rings is 1. The summed E-state index contributed by atoms with van der Waals surface area (Å²) in [6.45, 7) is 8.19. The van der Waals surface area contributed by atoms with E-state index in [4.69, 9.17) is 11.6 Å². The van der Waals surface area contributed by atoms with Gasteiger partial charge in [-0.3, -0.25) is 14.9 Å². The first-order valence-electron chi connectivity index (χ1n) is 6.20. The van der Waals surface area contributed by atoms with Crippen molar-refractivity contribution < 1.29 is 9.72 Å². The maximum absolute atomic E-state index is 12.2. The molecule has 6 nitrogen and oxygen atoms in total. The maximum Gasteiger partial charge on any atom is 0.300 e. The predicted octanol–water partition coefficient (Wildman–Crippen LogP) is 2.81. The lowest BCUT2D eigenvalue weighted by molar-refractivity contribution is -0.385. The highest BCUT2D eigenvalue weighted by atomic mass is 35.5. The Morgan fingerprint density at radius 2 is 1.95 bits per heavy atom. The van der Waals surface area contributed by atoms with Crippen LogP contribution < -0.4 is 5.32 Å². The Balaban J connectivity index is 2.27. The summed E-state index contributed by atoms with van der Waals surface area (Å²) >= 11 is 5.72. The van der Waals surface area contributed by atoms with Gasteiger partial charge in [0.15, 0.2) is 0 Å². The fourth-order valence-corrected chi connectivity index (χ4v) is 2.67. The number of halogens is 1. The highest BCUT2D eigenvalue weighted by molar-refractivity contribution is 6.29. The van der Waals surface area contributed by atoms with Crippen LogP contribution in [0.2, 0.25) is 5.15 Å². The molecule has 1 saturated carbocycles. The highest BCUT2D eigenvalue weighted by Gasteiger charge is 2.65. The fourth-order valence-electron chi connectivity index (χ4n) is 2.52. The predicted molar refractivity (Wildman–Crippen MR) is 74.7 cm³/mol. The molecule has 1 amide bonds. The maximum atomic E-state index is 12.2. The largest absolute Gasteiger partial charge is 0.348 e. The molecule has 1 heterocycles. The Kier molecular flexibility index (Phi) is 3.25. The summed E-state index contributed by atoms with van der Waals surface area (Å²) in [6.07, 6.45) is 1.00. The van der Waals surface area contributed by atoms with E-state index in [1.807, 2.05) is 27.7 Å². The van der Waals surface area contributed by atoms with E-state index in [2.05, 4.69) is 10.3 Å². The molecule has 0 spiro atoms. The highest BCUT2D eigenvalue weighted by Crippen LogP contribution is 2.62. The minimum Gasteiger partial charge on any atom is -0.348 e. The van der Waals surface area contributed by atoms with Crippen molar-refractivity contribution in [3.05, 3.63) is 33.1 Å². The summed E-state index contributed by atoms with van der Waals surface area (Å²) in [5, 5.41) is 13.8. The normalized spacial score (nSPS) is 19.4. The standard InChI is InChI=1S/C13H16ClN3O3/c1-12(2)11(13(12,3)4)16-10(18)7-5-9(14)15-6-8(7)17(19)20/h5-6,11H,1-4H3,(H,16,18). The first-order chi connectivity index (χ1) is 9.09. The molecule has 0 atom stereocenters. The lowest BCUT2D eigenvalue weighted by atomic mass is 10.0. The van der Waals surface area contributed by atoms with Gasteiger partial charge in [-0.2, -0.15) is 0 Å². The molecular formula is C13H16ClN3O3. The van der Waals surface area contributed by atoms with E-state index in [0.717, 1.165) is 6.20 Å². The molecule has 1 aliphatic rings. The van der Waals surface area contributed by atoms with E-state index in [-0.39, 0.29) is 33.3 Å². The number of aromatic nitrogens is 1. The molecule has 20 heavy (non-hydrogen) atoms. The number of amides is 1. The van der Waals surface area contributed by atoms with Crippen LogP contribution in [0.25, 0.3) is 0 Å². The third-order valence-electron chi connectivity index (χ3n) is 4.59. The molecule has 0 saturated heterocycles. The van der Waals surface area contributed by atoms with Gasteiger partial charge in [-0.05, 0) is 16.9 Å². The Bertz CT molecular complexity index is 585. The number of carbonyl (C=O) groups excluding carboxylic acids is 1. The Morgan fingerprint density at radius 3 is 2.40 bits per heavy atom. The van der Waals surface area contributed by atoms with Crippen molar-refractivity contribution >= 4 is 23.2 Å². The SMILES string of the molecule is CC1(C)C(NC(=O)c2cc(Cl)ncc2[N+](=O)[O-])C1(C)C. The molecular weight excluding hydrogens is 282 g/mol. The third kappa shape index (κ3) is 2.14. The van der Waals surface area contributed by atoms with Crippen molar-refractivity contribution in [1.29, 1.82) is 0 Å². The average Bonchev–Trinajstić information content (AvgIpc) is 2.71. The second kappa shape index (κ2) is 4.41. The molecule has 0 aromatic carbocycles. The first kappa shape index (κ1) is 14.7. The van der Waals surface area contributed by atoms with Crippen molar-refractivity contribution in [3.8, 4) is 0 Å². The van der Waals surface area contributed by atoms with Crippen LogP contribution in [0.1, 0.15) is 38.1 Å². The van der Waals surface area contributed by atoms with Crippen LogP contribution in [-0.2, 0) is 0 Å². The van der Waals surface area contributed by atoms with Gasteiger partial charge in [-0.1, -0.05) is 39.3 Å². The van der Waals surface area contributed by atoms with Gasteiger partial charge in [-0.25, -0.2) is 4.98 Å². The zero-order valence-electron chi connectivity index (χ0n) is 11.7. The van der Waals surface area contributed by atoms with Gasteiger partial charge in [-0.15, -0.1) is 0 Å². The van der Waals surface area contributed by atoms with Crippen molar-refractivity contribution in [2.75, 3.05) is 0 Å². The summed E-state index contributed by atoms with van der Waals surface area (Å²) in [4.78, 5) is 26.2. The summed E-state index contributed by atoms with van der Waals surface area (Å²) in [7, 11) is 0. The van der Waals surface area contributed by atoms with Crippen LogP contribution in [0.15, 0.2) is 12.3 Å². The molecule has 0 radical (unpaired) electrons. The van der Waals surface area contributed by atoms with E-state index in [1.54, 1.807) is 0 Å². The van der Waals surface area contributed by atoms with Crippen LogP contribution in [-0.4, -0.2) is 21.9 Å².